The molecule has 0 saturated carbocycles. The molecular formula is C13H13ClN4O. The van der Waals surface area contributed by atoms with E-state index in [0.717, 1.165) is 28.2 Å². The minimum atomic E-state index is 0.634. The summed E-state index contributed by atoms with van der Waals surface area (Å²) in [5.74, 6) is 0.634. The van der Waals surface area contributed by atoms with E-state index in [-0.39, 0.29) is 0 Å². The van der Waals surface area contributed by atoms with Crippen molar-refractivity contribution in [2.24, 2.45) is 0 Å². The highest BCUT2D eigenvalue weighted by atomic mass is 35.5. The fourth-order valence-corrected chi connectivity index (χ4v) is 2.28. The van der Waals surface area contributed by atoms with Crippen molar-refractivity contribution in [3.8, 4) is 0 Å². The zero-order valence-corrected chi connectivity index (χ0v) is 10.9. The molecule has 19 heavy (non-hydrogen) atoms. The van der Waals surface area contributed by atoms with Gasteiger partial charge in [-0.3, -0.25) is 0 Å². The molecule has 0 aliphatic carbocycles. The van der Waals surface area contributed by atoms with Gasteiger partial charge in [0.25, 0.3) is 0 Å². The maximum Gasteiger partial charge on any atom is 0.227 e. The average molecular weight is 277 g/mol. The summed E-state index contributed by atoms with van der Waals surface area (Å²) in [4.78, 5) is 7.27. The molecule has 0 atom stereocenters. The van der Waals surface area contributed by atoms with Gasteiger partial charge in [-0.2, -0.15) is 4.98 Å². The quantitative estimate of drug-likeness (QED) is 0.703. The van der Waals surface area contributed by atoms with Crippen LogP contribution in [0.25, 0.3) is 10.9 Å². The molecule has 2 aromatic heterocycles. The Labute approximate surface area is 115 Å². The van der Waals surface area contributed by atoms with Crippen molar-refractivity contribution in [1.29, 1.82) is 0 Å². The molecule has 5 nitrogen and oxygen atoms in total. The lowest BCUT2D eigenvalue weighted by molar-refractivity contribution is 0.375. The van der Waals surface area contributed by atoms with Crippen LogP contribution in [0.1, 0.15) is 11.6 Å². The van der Waals surface area contributed by atoms with Crippen LogP contribution >= 0.6 is 11.6 Å². The molecule has 2 heterocycles. The van der Waals surface area contributed by atoms with Crippen molar-refractivity contribution in [1.82, 2.24) is 20.4 Å². The number of aromatic nitrogens is 3. The number of hydrogen-bond acceptors (Lipinski definition) is 4. The number of nitrogens with zero attached hydrogens (tertiary/aromatic N) is 2. The van der Waals surface area contributed by atoms with Gasteiger partial charge in [0.2, 0.25) is 5.89 Å². The average Bonchev–Trinajstić information content (AvgIpc) is 3.04. The molecule has 0 aliphatic heterocycles. The highest BCUT2D eigenvalue weighted by Crippen LogP contribution is 2.26. The number of para-hydroxylation sites is 1. The lowest BCUT2D eigenvalue weighted by atomic mass is 10.2. The van der Waals surface area contributed by atoms with E-state index in [4.69, 9.17) is 16.1 Å². The van der Waals surface area contributed by atoms with Crippen molar-refractivity contribution < 1.29 is 4.52 Å². The Hall–Kier alpha value is -1.85. The largest absolute Gasteiger partial charge is 0.356 e. The predicted molar refractivity (Wildman–Crippen MR) is 73.0 cm³/mol. The van der Waals surface area contributed by atoms with Crippen LogP contribution in [0.15, 0.2) is 35.1 Å². The number of fused-ring (bicyclic) bond motifs is 1. The highest BCUT2D eigenvalue weighted by Gasteiger charge is 2.08. The first kappa shape index (κ1) is 12.2. The van der Waals surface area contributed by atoms with E-state index in [0.29, 0.717) is 18.9 Å². The first-order chi connectivity index (χ1) is 9.34. The first-order valence-electron chi connectivity index (χ1n) is 6.06. The van der Waals surface area contributed by atoms with Gasteiger partial charge < -0.3 is 14.8 Å². The van der Waals surface area contributed by atoms with Crippen LogP contribution in [0.4, 0.5) is 0 Å². The molecule has 0 spiro atoms. The summed E-state index contributed by atoms with van der Waals surface area (Å²) in [6, 6.07) is 8.00. The fourth-order valence-electron chi connectivity index (χ4n) is 2.00. The molecule has 0 unspecified atom stereocenters. The summed E-state index contributed by atoms with van der Waals surface area (Å²) in [6.07, 6.45) is 2.11. The third-order valence-corrected chi connectivity index (χ3v) is 3.37. The molecule has 98 valence electrons. The van der Waals surface area contributed by atoms with Gasteiger partial charge in [0.05, 0.1) is 5.02 Å². The third kappa shape index (κ3) is 2.62. The van der Waals surface area contributed by atoms with Gasteiger partial charge in [-0.1, -0.05) is 35.0 Å². The van der Waals surface area contributed by atoms with Gasteiger partial charge in [0.15, 0.2) is 6.33 Å². The predicted octanol–water partition coefficient (Wildman–Crippen LogP) is 2.54. The summed E-state index contributed by atoms with van der Waals surface area (Å²) in [6.45, 7) is 1.44. The van der Waals surface area contributed by atoms with E-state index in [1.807, 2.05) is 24.3 Å². The summed E-state index contributed by atoms with van der Waals surface area (Å²) in [5, 5.41) is 8.69. The Balaban J connectivity index is 1.61. The molecule has 0 radical (unpaired) electrons. The van der Waals surface area contributed by atoms with Crippen LogP contribution in [0.5, 0.6) is 0 Å². The van der Waals surface area contributed by atoms with Crippen LogP contribution in [-0.4, -0.2) is 21.7 Å². The van der Waals surface area contributed by atoms with Gasteiger partial charge in [-0.25, -0.2) is 0 Å². The Kier molecular flexibility index (Phi) is 3.48. The number of aromatic amines is 1. The number of H-pyrrole nitrogens is 1. The second-order valence-corrected chi connectivity index (χ2v) is 4.60. The molecule has 6 heteroatoms. The lowest BCUT2D eigenvalue weighted by Crippen LogP contribution is -2.17. The van der Waals surface area contributed by atoms with Crippen LogP contribution in [-0.2, 0) is 13.0 Å². The zero-order valence-electron chi connectivity index (χ0n) is 10.2. The van der Waals surface area contributed by atoms with E-state index in [1.165, 1.54) is 6.33 Å². The third-order valence-electron chi connectivity index (χ3n) is 2.94. The van der Waals surface area contributed by atoms with Gasteiger partial charge in [0, 0.05) is 36.1 Å². The minimum absolute atomic E-state index is 0.634. The Morgan fingerprint density at radius 1 is 1.32 bits per heavy atom. The number of hydrogen-bond donors (Lipinski definition) is 2. The normalized spacial score (nSPS) is 11.2. The van der Waals surface area contributed by atoms with Gasteiger partial charge in [-0.05, 0) is 6.07 Å². The number of nitrogens with one attached hydrogen (secondary N) is 2. The molecule has 0 fully saturated rings. The maximum atomic E-state index is 6.32. The molecule has 3 aromatic rings. The fraction of sp³-hybridized carbons (Fsp3) is 0.231. The second-order valence-electron chi connectivity index (χ2n) is 4.22. The van der Waals surface area contributed by atoms with Crippen LogP contribution in [0.2, 0.25) is 5.02 Å². The van der Waals surface area contributed by atoms with Crippen LogP contribution in [0, 0.1) is 0 Å². The van der Waals surface area contributed by atoms with E-state index in [1.54, 1.807) is 0 Å². The van der Waals surface area contributed by atoms with Gasteiger partial charge >= 0.3 is 0 Å². The summed E-state index contributed by atoms with van der Waals surface area (Å²) in [5.41, 5.74) is 2.05. The van der Waals surface area contributed by atoms with Crippen molar-refractivity contribution >= 4 is 22.5 Å². The number of benzene rings is 1. The molecule has 1 aromatic carbocycles. The van der Waals surface area contributed by atoms with E-state index in [9.17, 15) is 0 Å². The molecule has 3 rings (SSSR count). The summed E-state index contributed by atoms with van der Waals surface area (Å²) < 4.78 is 4.92. The van der Waals surface area contributed by atoms with Crippen molar-refractivity contribution in [3.63, 3.8) is 0 Å². The highest BCUT2D eigenvalue weighted by molar-refractivity contribution is 6.36. The monoisotopic (exact) mass is 276 g/mol. The second kappa shape index (κ2) is 5.42. The smallest absolute Gasteiger partial charge is 0.227 e. The SMILES string of the molecule is Clc1c(CNCCc2ncno2)[nH]c2ccccc12. The molecule has 0 amide bonds. The molecule has 0 aliphatic rings. The molecule has 0 saturated heterocycles. The Bertz CT molecular complexity index is 662. The van der Waals surface area contributed by atoms with E-state index >= 15 is 0 Å². The van der Waals surface area contributed by atoms with E-state index < -0.39 is 0 Å². The van der Waals surface area contributed by atoms with Crippen LogP contribution in [0.3, 0.4) is 0 Å². The van der Waals surface area contributed by atoms with E-state index in [2.05, 4.69) is 20.4 Å². The zero-order chi connectivity index (χ0) is 13.1. The van der Waals surface area contributed by atoms with Gasteiger partial charge in [0.1, 0.15) is 0 Å². The molecule has 0 bridgehead atoms. The topological polar surface area (TPSA) is 66.7 Å². The Morgan fingerprint density at radius 2 is 2.21 bits per heavy atom. The maximum absolute atomic E-state index is 6.32. The van der Waals surface area contributed by atoms with Crippen molar-refractivity contribution in [2.75, 3.05) is 6.54 Å². The first-order valence-corrected chi connectivity index (χ1v) is 6.44. The summed E-state index contributed by atoms with van der Waals surface area (Å²) in [7, 11) is 0. The van der Waals surface area contributed by atoms with Crippen molar-refractivity contribution in [2.45, 2.75) is 13.0 Å². The summed E-state index contributed by atoms with van der Waals surface area (Å²) >= 11 is 6.32. The van der Waals surface area contributed by atoms with Crippen LogP contribution < -0.4 is 5.32 Å². The Morgan fingerprint density at radius 3 is 3.00 bits per heavy atom. The molecule has 2 N–H and O–H groups in total. The minimum Gasteiger partial charge on any atom is -0.356 e. The van der Waals surface area contributed by atoms with Gasteiger partial charge in [-0.15, -0.1) is 0 Å². The molecular weight excluding hydrogens is 264 g/mol. The number of halogens is 1. The number of rotatable bonds is 5. The standard InChI is InChI=1S/C13H13ClN4O/c14-13-9-3-1-2-4-10(9)18-11(13)7-15-6-5-12-16-8-17-19-12/h1-4,8,15,18H,5-7H2. The lowest BCUT2D eigenvalue weighted by Gasteiger charge is -2.01. The van der Waals surface area contributed by atoms with Crippen molar-refractivity contribution in [3.05, 3.63) is 47.2 Å².